The second-order valence-corrected chi connectivity index (χ2v) is 7.80. The number of halogens is 2. The Bertz CT molecular complexity index is 1160. The summed E-state index contributed by atoms with van der Waals surface area (Å²) in [5, 5.41) is 23.2. The lowest BCUT2D eigenvalue weighted by Gasteiger charge is -2.26. The highest BCUT2D eigenvalue weighted by Gasteiger charge is 2.34. The van der Waals surface area contributed by atoms with Crippen molar-refractivity contribution in [2.45, 2.75) is 0 Å². The van der Waals surface area contributed by atoms with E-state index >= 15 is 0 Å². The largest absolute Gasteiger partial charge is 0.478 e. The van der Waals surface area contributed by atoms with Gasteiger partial charge in [0.25, 0.3) is 5.91 Å². The molecular formula is C23H25Cl2N5O4. The first-order valence-corrected chi connectivity index (χ1v) is 10.5. The van der Waals surface area contributed by atoms with Crippen LogP contribution >= 0.6 is 24.8 Å². The first-order valence-electron chi connectivity index (χ1n) is 10.5. The zero-order valence-corrected chi connectivity index (χ0v) is 19.8. The third-order valence-corrected chi connectivity index (χ3v) is 5.80. The van der Waals surface area contributed by atoms with Crippen LogP contribution in [0.15, 0.2) is 53.3 Å². The van der Waals surface area contributed by atoms with E-state index in [4.69, 9.17) is 4.84 Å². The molecule has 0 bridgehead atoms. The number of fused-ring (bicyclic) bond motifs is 2. The monoisotopic (exact) mass is 505 g/mol. The lowest BCUT2D eigenvalue weighted by atomic mass is 9.99. The number of benzene rings is 2. The number of rotatable bonds is 5. The van der Waals surface area contributed by atoms with Crippen molar-refractivity contribution in [1.82, 2.24) is 10.2 Å². The van der Waals surface area contributed by atoms with Gasteiger partial charge in [-0.15, -0.1) is 24.8 Å². The third kappa shape index (κ3) is 4.88. The van der Waals surface area contributed by atoms with Gasteiger partial charge in [-0.25, -0.2) is 4.79 Å². The molecular weight excluding hydrogens is 481 g/mol. The van der Waals surface area contributed by atoms with Gasteiger partial charge in [0.15, 0.2) is 0 Å². The number of aromatic carboxylic acids is 1. The Morgan fingerprint density at radius 1 is 1.03 bits per heavy atom. The molecule has 3 heterocycles. The number of carbonyl (C=O) groups is 2. The highest BCUT2D eigenvalue weighted by Crippen LogP contribution is 2.39. The van der Waals surface area contributed by atoms with E-state index in [1.165, 1.54) is 12.1 Å². The molecule has 0 unspecified atom stereocenters. The molecule has 0 aliphatic carbocycles. The molecule has 1 fully saturated rings. The second kappa shape index (κ2) is 10.9. The van der Waals surface area contributed by atoms with Crippen LogP contribution in [-0.2, 0) is 9.63 Å². The van der Waals surface area contributed by atoms with Crippen LogP contribution in [0, 0.1) is 0 Å². The van der Waals surface area contributed by atoms with Gasteiger partial charge >= 0.3 is 5.97 Å². The van der Waals surface area contributed by atoms with Crippen molar-refractivity contribution < 1.29 is 19.5 Å². The number of carboxylic acid groups (broad SMARTS) is 1. The van der Waals surface area contributed by atoms with Crippen LogP contribution in [0.4, 0.5) is 11.4 Å². The highest BCUT2D eigenvalue weighted by molar-refractivity contribution is 6.39. The number of nitrogens with one attached hydrogen (secondary N) is 3. The van der Waals surface area contributed by atoms with E-state index in [0.717, 1.165) is 44.0 Å². The summed E-state index contributed by atoms with van der Waals surface area (Å²) in [4.78, 5) is 32.3. The van der Waals surface area contributed by atoms with Gasteiger partial charge in [0.1, 0.15) is 12.3 Å². The molecule has 2 aromatic rings. The summed E-state index contributed by atoms with van der Waals surface area (Å²) < 4.78 is 0. The van der Waals surface area contributed by atoms with E-state index in [2.05, 4.69) is 26.0 Å². The lowest BCUT2D eigenvalue weighted by Crippen LogP contribution is -2.44. The predicted octanol–water partition coefficient (Wildman–Crippen LogP) is 2.64. The van der Waals surface area contributed by atoms with E-state index in [1.807, 2.05) is 24.3 Å². The Hall–Kier alpha value is -3.11. The van der Waals surface area contributed by atoms with Crippen LogP contribution in [-0.4, -0.2) is 66.9 Å². The molecule has 0 aromatic heterocycles. The van der Waals surface area contributed by atoms with Gasteiger partial charge in [-0.05, 0) is 24.3 Å². The van der Waals surface area contributed by atoms with Crippen molar-refractivity contribution in [3.63, 3.8) is 0 Å². The van der Waals surface area contributed by atoms with Gasteiger partial charge in [-0.2, -0.15) is 0 Å². The highest BCUT2D eigenvalue weighted by atomic mass is 35.5. The van der Waals surface area contributed by atoms with Crippen LogP contribution in [0.3, 0.4) is 0 Å². The maximum absolute atomic E-state index is 12.9. The molecule has 0 saturated carbocycles. The van der Waals surface area contributed by atoms with E-state index in [-0.39, 0.29) is 36.3 Å². The number of carbonyl (C=O) groups excluding carboxylic acids is 1. The molecule has 11 heteroatoms. The first-order chi connectivity index (χ1) is 15.6. The third-order valence-electron chi connectivity index (χ3n) is 5.80. The van der Waals surface area contributed by atoms with Crippen molar-refractivity contribution in [3.8, 4) is 0 Å². The summed E-state index contributed by atoms with van der Waals surface area (Å²) in [6.45, 7) is 5.08. The number of oxime groups is 1. The fourth-order valence-electron chi connectivity index (χ4n) is 4.17. The zero-order chi connectivity index (χ0) is 22.1. The molecule has 0 atom stereocenters. The molecule has 2 aromatic carbocycles. The van der Waals surface area contributed by atoms with Gasteiger partial charge in [0, 0.05) is 55.2 Å². The number of hydrogen-bond acceptors (Lipinski definition) is 7. The van der Waals surface area contributed by atoms with Gasteiger partial charge in [-0.3, -0.25) is 9.69 Å². The van der Waals surface area contributed by atoms with Gasteiger partial charge in [-0.1, -0.05) is 23.4 Å². The van der Waals surface area contributed by atoms with E-state index in [9.17, 15) is 14.7 Å². The van der Waals surface area contributed by atoms with Crippen LogP contribution in [0.25, 0.3) is 5.57 Å². The van der Waals surface area contributed by atoms with Gasteiger partial charge < -0.3 is 25.9 Å². The second-order valence-electron chi connectivity index (χ2n) is 7.80. The van der Waals surface area contributed by atoms with E-state index in [1.54, 1.807) is 6.07 Å². The standard InChI is InChI=1S/C23H23N5O4.2ClH/c29-22-19(16-13-14(23(30)31)5-6-18(16)26-22)21-20(15-3-1-2-4-17(15)25-21)27-32-12-11-28-9-7-24-8-10-28;;/h1-6,13,24-25H,7-12H2,(H,26,29)(H,30,31);2*1H/b21-19-,27-20+;;. The summed E-state index contributed by atoms with van der Waals surface area (Å²) in [6.07, 6.45) is 0. The number of hydrogen-bond donors (Lipinski definition) is 4. The number of amides is 1. The van der Waals surface area contributed by atoms with Gasteiger partial charge in [0.2, 0.25) is 0 Å². The minimum Gasteiger partial charge on any atom is -0.478 e. The number of nitrogens with zero attached hydrogens (tertiary/aromatic N) is 2. The van der Waals surface area contributed by atoms with Crippen LogP contribution in [0.1, 0.15) is 21.5 Å². The summed E-state index contributed by atoms with van der Waals surface area (Å²) in [7, 11) is 0. The Morgan fingerprint density at radius 3 is 2.53 bits per heavy atom. The Balaban J connectivity index is 0.00000162. The molecule has 3 aliphatic rings. The minimum absolute atomic E-state index is 0. The lowest BCUT2D eigenvalue weighted by molar-refractivity contribution is -0.110. The summed E-state index contributed by atoms with van der Waals surface area (Å²) in [5.74, 6) is -1.37. The number of allylic oxidation sites excluding steroid dienone is 1. The number of piperazine rings is 1. The molecule has 0 spiro atoms. The minimum atomic E-state index is -1.05. The molecule has 4 N–H and O–H groups in total. The summed E-state index contributed by atoms with van der Waals surface area (Å²) >= 11 is 0. The summed E-state index contributed by atoms with van der Waals surface area (Å²) in [5.41, 5.74) is 4.23. The van der Waals surface area contributed by atoms with E-state index in [0.29, 0.717) is 34.8 Å². The SMILES string of the molecule is Cl.Cl.O=C1Nc2ccc(C(=O)O)cc2/C1=C1/Nc2ccccc2/C1=N\OCCN1CCNCC1. The molecule has 34 heavy (non-hydrogen) atoms. The molecule has 1 saturated heterocycles. The molecule has 9 nitrogen and oxygen atoms in total. The molecule has 1 amide bonds. The van der Waals surface area contributed by atoms with Crippen molar-refractivity contribution in [1.29, 1.82) is 0 Å². The Kier molecular flexibility index (Phi) is 8.16. The maximum atomic E-state index is 12.9. The molecule has 3 aliphatic heterocycles. The van der Waals surface area contributed by atoms with Gasteiger partial charge in [0.05, 0.1) is 16.8 Å². The van der Waals surface area contributed by atoms with E-state index < -0.39 is 5.97 Å². The molecule has 5 rings (SSSR count). The average Bonchev–Trinajstić information content (AvgIpc) is 3.33. The topological polar surface area (TPSA) is 115 Å². The maximum Gasteiger partial charge on any atom is 0.335 e. The first kappa shape index (κ1) is 25.5. The average molecular weight is 506 g/mol. The zero-order valence-electron chi connectivity index (χ0n) is 18.2. The predicted molar refractivity (Wildman–Crippen MR) is 135 cm³/mol. The van der Waals surface area contributed by atoms with Crippen LogP contribution < -0.4 is 16.0 Å². The Labute approximate surface area is 209 Å². The number of carboxylic acids is 1. The number of para-hydroxylation sites is 1. The normalized spacial score (nSPS) is 19.9. The Morgan fingerprint density at radius 2 is 1.76 bits per heavy atom. The van der Waals surface area contributed by atoms with Crippen molar-refractivity contribution in [2.75, 3.05) is 50.0 Å². The fourth-order valence-corrected chi connectivity index (χ4v) is 4.17. The molecule has 180 valence electrons. The van der Waals surface area contributed by atoms with Crippen molar-refractivity contribution in [3.05, 3.63) is 64.9 Å². The smallest absolute Gasteiger partial charge is 0.335 e. The van der Waals surface area contributed by atoms with Crippen molar-refractivity contribution >= 4 is 59.4 Å². The van der Waals surface area contributed by atoms with Crippen LogP contribution in [0.5, 0.6) is 0 Å². The molecule has 0 radical (unpaired) electrons. The summed E-state index contributed by atoms with van der Waals surface area (Å²) in [6, 6.07) is 12.2. The quantitative estimate of drug-likeness (QED) is 0.280. The van der Waals surface area contributed by atoms with Crippen LogP contribution in [0.2, 0.25) is 0 Å². The fraction of sp³-hybridized carbons (Fsp3) is 0.261. The van der Waals surface area contributed by atoms with Crippen molar-refractivity contribution in [2.24, 2.45) is 5.16 Å². The number of anilines is 2.